The first-order valence-corrected chi connectivity index (χ1v) is 11.6. The van der Waals surface area contributed by atoms with Crippen molar-refractivity contribution >= 4 is 33.2 Å². The standard InChI is InChI=1S/C21H25ClN2O4S/c1-2-28-19-11-9-18(10-12-19)23-21(25)16-7-5-13-24(14-16)29(26,27)15-17-6-3-4-8-20(17)22/h3-4,6,8-12,16H,2,5,7,13-15H2,1H3,(H,23,25). The number of hydrogen-bond acceptors (Lipinski definition) is 4. The summed E-state index contributed by atoms with van der Waals surface area (Å²) in [5, 5.41) is 3.30. The number of amides is 1. The van der Waals surface area contributed by atoms with Crippen LogP contribution < -0.4 is 10.1 Å². The third-order valence-electron chi connectivity index (χ3n) is 4.88. The molecule has 8 heteroatoms. The number of nitrogens with zero attached hydrogens (tertiary/aromatic N) is 1. The van der Waals surface area contributed by atoms with Crippen molar-refractivity contribution in [1.82, 2.24) is 4.31 Å². The number of ether oxygens (including phenoxy) is 1. The molecule has 2 aromatic rings. The van der Waals surface area contributed by atoms with Gasteiger partial charge in [-0.2, -0.15) is 0 Å². The average Bonchev–Trinajstić information content (AvgIpc) is 2.71. The second-order valence-corrected chi connectivity index (χ2v) is 9.37. The number of rotatable bonds is 7. The summed E-state index contributed by atoms with van der Waals surface area (Å²) in [6.07, 6.45) is 1.30. The summed E-state index contributed by atoms with van der Waals surface area (Å²) in [5.74, 6) is 0.00282. The fraction of sp³-hybridized carbons (Fsp3) is 0.381. The van der Waals surface area contributed by atoms with Crippen molar-refractivity contribution in [2.45, 2.75) is 25.5 Å². The summed E-state index contributed by atoms with van der Waals surface area (Å²) in [6.45, 7) is 3.08. The highest BCUT2D eigenvalue weighted by Gasteiger charge is 2.32. The number of nitrogens with one attached hydrogen (secondary N) is 1. The quantitative estimate of drug-likeness (QED) is 0.713. The van der Waals surface area contributed by atoms with E-state index in [9.17, 15) is 13.2 Å². The highest BCUT2D eigenvalue weighted by Crippen LogP contribution is 2.25. The minimum Gasteiger partial charge on any atom is -0.494 e. The van der Waals surface area contributed by atoms with Gasteiger partial charge in [0.1, 0.15) is 5.75 Å². The van der Waals surface area contributed by atoms with Gasteiger partial charge in [0.05, 0.1) is 18.3 Å². The summed E-state index contributed by atoms with van der Waals surface area (Å²) < 4.78 is 32.5. The summed E-state index contributed by atoms with van der Waals surface area (Å²) in [4.78, 5) is 12.7. The topological polar surface area (TPSA) is 75.7 Å². The Kier molecular flexibility index (Phi) is 7.16. The average molecular weight is 437 g/mol. The molecule has 0 bridgehead atoms. The Balaban J connectivity index is 1.63. The van der Waals surface area contributed by atoms with Crippen molar-refractivity contribution in [1.29, 1.82) is 0 Å². The van der Waals surface area contributed by atoms with Gasteiger partial charge in [0.2, 0.25) is 15.9 Å². The number of sulfonamides is 1. The van der Waals surface area contributed by atoms with Crippen molar-refractivity contribution < 1.29 is 17.9 Å². The van der Waals surface area contributed by atoms with Crippen LogP contribution in [0.2, 0.25) is 5.02 Å². The van der Waals surface area contributed by atoms with Crippen molar-refractivity contribution in [3.8, 4) is 5.75 Å². The SMILES string of the molecule is CCOc1ccc(NC(=O)C2CCCN(S(=O)(=O)Cc3ccccc3Cl)C2)cc1. The minimum atomic E-state index is -3.56. The molecule has 0 aliphatic carbocycles. The van der Waals surface area contributed by atoms with E-state index in [4.69, 9.17) is 16.3 Å². The molecule has 0 aromatic heterocycles. The van der Waals surface area contributed by atoms with Crippen LogP contribution in [0.4, 0.5) is 5.69 Å². The van der Waals surface area contributed by atoms with E-state index in [0.717, 1.165) is 5.75 Å². The lowest BCUT2D eigenvalue weighted by molar-refractivity contribution is -0.120. The highest BCUT2D eigenvalue weighted by atomic mass is 35.5. The molecule has 1 atom stereocenters. The zero-order chi connectivity index (χ0) is 20.9. The Bertz CT molecular complexity index is 947. The molecular formula is C21H25ClN2O4S. The van der Waals surface area contributed by atoms with Gasteiger partial charge in [0, 0.05) is 23.8 Å². The third kappa shape index (κ3) is 5.72. The van der Waals surface area contributed by atoms with Gasteiger partial charge in [-0.3, -0.25) is 4.79 Å². The molecule has 1 N–H and O–H groups in total. The Morgan fingerprint density at radius 3 is 2.62 bits per heavy atom. The van der Waals surface area contributed by atoms with Crippen molar-refractivity contribution in [2.24, 2.45) is 5.92 Å². The Hall–Kier alpha value is -2.09. The van der Waals surface area contributed by atoms with Crippen LogP contribution in [0.15, 0.2) is 48.5 Å². The molecule has 6 nitrogen and oxygen atoms in total. The number of hydrogen-bond donors (Lipinski definition) is 1. The van der Waals surface area contributed by atoms with E-state index in [-0.39, 0.29) is 18.2 Å². The van der Waals surface area contributed by atoms with Gasteiger partial charge in [-0.15, -0.1) is 0 Å². The lowest BCUT2D eigenvalue weighted by Gasteiger charge is -2.31. The number of benzene rings is 2. The van der Waals surface area contributed by atoms with Crippen molar-refractivity contribution in [2.75, 3.05) is 25.0 Å². The van der Waals surface area contributed by atoms with Gasteiger partial charge in [-0.25, -0.2) is 12.7 Å². The Morgan fingerprint density at radius 2 is 1.93 bits per heavy atom. The second kappa shape index (κ2) is 9.61. The molecule has 156 valence electrons. The predicted octanol–water partition coefficient (Wildman–Crippen LogP) is 3.92. The molecule has 1 saturated heterocycles. The van der Waals surface area contributed by atoms with Crippen molar-refractivity contribution in [3.05, 3.63) is 59.1 Å². The van der Waals surface area contributed by atoms with Crippen LogP contribution in [0.1, 0.15) is 25.3 Å². The molecular weight excluding hydrogens is 412 g/mol. The van der Waals surface area contributed by atoms with Gasteiger partial charge in [-0.05, 0) is 55.7 Å². The van der Waals surface area contributed by atoms with Crippen LogP contribution in [-0.4, -0.2) is 38.3 Å². The molecule has 1 aliphatic heterocycles. The van der Waals surface area contributed by atoms with E-state index >= 15 is 0 Å². The fourth-order valence-corrected chi connectivity index (χ4v) is 5.28. The number of carbonyl (C=O) groups is 1. The summed E-state index contributed by atoms with van der Waals surface area (Å²) in [6, 6.07) is 14.0. The van der Waals surface area contributed by atoms with Gasteiger partial charge in [-0.1, -0.05) is 29.8 Å². The molecule has 0 radical (unpaired) electrons. The molecule has 0 saturated carbocycles. The van der Waals surface area contributed by atoms with E-state index in [2.05, 4.69) is 5.32 Å². The third-order valence-corrected chi connectivity index (χ3v) is 7.04. The van der Waals surface area contributed by atoms with Crippen LogP contribution in [0.25, 0.3) is 0 Å². The molecule has 1 heterocycles. The largest absolute Gasteiger partial charge is 0.494 e. The minimum absolute atomic E-state index is 0.167. The van der Waals surface area contributed by atoms with E-state index in [1.165, 1.54) is 4.31 Å². The lowest BCUT2D eigenvalue weighted by Crippen LogP contribution is -2.44. The van der Waals surface area contributed by atoms with Crippen LogP contribution in [0.3, 0.4) is 0 Å². The zero-order valence-electron chi connectivity index (χ0n) is 16.3. The molecule has 0 spiro atoms. The second-order valence-electron chi connectivity index (χ2n) is 6.99. The summed E-state index contributed by atoms with van der Waals surface area (Å²) in [7, 11) is -3.56. The van der Waals surface area contributed by atoms with Crippen molar-refractivity contribution in [3.63, 3.8) is 0 Å². The van der Waals surface area contributed by atoms with Gasteiger partial charge >= 0.3 is 0 Å². The molecule has 1 fully saturated rings. The molecule has 2 aromatic carbocycles. The van der Waals surface area contributed by atoms with Gasteiger partial charge < -0.3 is 10.1 Å². The molecule has 1 aliphatic rings. The number of piperidine rings is 1. The molecule has 3 rings (SSSR count). The van der Waals surface area contributed by atoms with E-state index < -0.39 is 15.9 Å². The maximum absolute atomic E-state index is 12.9. The van der Waals surface area contributed by atoms with Gasteiger partial charge in [0.25, 0.3) is 0 Å². The maximum Gasteiger partial charge on any atom is 0.228 e. The first kappa shape index (κ1) is 21.6. The maximum atomic E-state index is 12.9. The Morgan fingerprint density at radius 1 is 1.21 bits per heavy atom. The summed E-state index contributed by atoms with van der Waals surface area (Å²) >= 11 is 6.11. The monoisotopic (exact) mass is 436 g/mol. The Labute approximate surface area is 176 Å². The lowest BCUT2D eigenvalue weighted by atomic mass is 9.99. The molecule has 1 amide bonds. The first-order valence-electron chi connectivity index (χ1n) is 9.64. The fourth-order valence-electron chi connectivity index (χ4n) is 3.36. The summed E-state index contributed by atoms with van der Waals surface area (Å²) in [5.41, 5.74) is 1.23. The first-order chi connectivity index (χ1) is 13.9. The predicted molar refractivity (Wildman–Crippen MR) is 115 cm³/mol. The van der Waals surface area contributed by atoms with Crippen LogP contribution in [-0.2, 0) is 20.6 Å². The number of anilines is 1. The zero-order valence-corrected chi connectivity index (χ0v) is 17.9. The van der Waals surface area contributed by atoms with Crippen LogP contribution >= 0.6 is 11.6 Å². The van der Waals surface area contributed by atoms with E-state index in [1.807, 2.05) is 6.92 Å². The normalized spacial score (nSPS) is 17.7. The highest BCUT2D eigenvalue weighted by molar-refractivity contribution is 7.88. The smallest absolute Gasteiger partial charge is 0.228 e. The van der Waals surface area contributed by atoms with Crippen LogP contribution in [0.5, 0.6) is 5.75 Å². The molecule has 29 heavy (non-hydrogen) atoms. The van der Waals surface area contributed by atoms with Gasteiger partial charge in [0.15, 0.2) is 0 Å². The number of carbonyl (C=O) groups excluding carboxylic acids is 1. The van der Waals surface area contributed by atoms with E-state index in [0.29, 0.717) is 42.3 Å². The van der Waals surface area contributed by atoms with E-state index in [1.54, 1.807) is 48.5 Å². The number of halogens is 1. The van der Waals surface area contributed by atoms with Crippen LogP contribution in [0, 0.1) is 5.92 Å². The molecule has 1 unspecified atom stereocenters.